The van der Waals surface area contributed by atoms with Gasteiger partial charge in [0.1, 0.15) is 0 Å². The van der Waals surface area contributed by atoms with E-state index < -0.39 is 0 Å². The van der Waals surface area contributed by atoms with Gasteiger partial charge in [-0.25, -0.2) is 0 Å². The molecule has 0 saturated heterocycles. The van der Waals surface area contributed by atoms with Crippen molar-refractivity contribution in [3.63, 3.8) is 0 Å². The molecule has 2 heteroatoms. The maximum atomic E-state index is 5.67. The molecule has 2 rings (SSSR count). The zero-order valence-electron chi connectivity index (χ0n) is 6.59. The highest BCUT2D eigenvalue weighted by molar-refractivity contribution is 5.62. The van der Waals surface area contributed by atoms with Crippen LogP contribution < -0.4 is 11.1 Å². The molecular weight excluding hydrogens is 136 g/mol. The smallest absolute Gasteiger partial charge is 0.0377 e. The molecule has 0 saturated carbocycles. The normalized spacial score (nSPS) is 21.0. The number of benzene rings is 1. The molecule has 1 aromatic carbocycles. The molecule has 1 aliphatic heterocycles. The van der Waals surface area contributed by atoms with Gasteiger partial charge in [-0.2, -0.15) is 0 Å². The minimum absolute atomic E-state index is 0.605. The minimum atomic E-state index is 0.605. The summed E-state index contributed by atoms with van der Waals surface area (Å²) in [5, 5.41) is 3.32. The van der Waals surface area contributed by atoms with Crippen LogP contribution in [0, 0.1) is 0 Å². The molecule has 0 bridgehead atoms. The molecule has 0 aliphatic carbocycles. The summed E-state index contributed by atoms with van der Waals surface area (Å²) in [5.74, 6) is 0.605. The summed E-state index contributed by atoms with van der Waals surface area (Å²) in [7, 11) is 0. The number of hydrogen-bond donors (Lipinski definition) is 2. The number of nitrogens with two attached hydrogens (primary N) is 1. The lowest BCUT2D eigenvalue weighted by atomic mass is 10.0. The first kappa shape index (κ1) is 6.53. The highest BCUT2D eigenvalue weighted by Gasteiger charge is 2.16. The van der Waals surface area contributed by atoms with Gasteiger partial charge in [-0.3, -0.25) is 0 Å². The summed E-state index contributed by atoms with van der Waals surface area (Å²) in [6.07, 6.45) is 0. The van der Waals surface area contributed by atoms with Crippen molar-refractivity contribution in [1.82, 2.24) is 0 Å². The average Bonchev–Trinajstić information content (AvgIpc) is 2.33. The first-order valence-corrected chi connectivity index (χ1v) is 3.90. The van der Waals surface area contributed by atoms with Crippen LogP contribution in [0.25, 0.3) is 0 Å². The minimum Gasteiger partial charge on any atom is -0.399 e. The highest BCUT2D eigenvalue weighted by Crippen LogP contribution is 2.31. The van der Waals surface area contributed by atoms with E-state index in [2.05, 4.69) is 18.3 Å². The molecule has 0 radical (unpaired) electrons. The van der Waals surface area contributed by atoms with Gasteiger partial charge in [0.25, 0.3) is 0 Å². The Bertz CT molecular complexity index is 281. The van der Waals surface area contributed by atoms with Crippen molar-refractivity contribution >= 4 is 11.4 Å². The van der Waals surface area contributed by atoms with Crippen molar-refractivity contribution in [2.75, 3.05) is 17.6 Å². The number of hydrogen-bond acceptors (Lipinski definition) is 2. The summed E-state index contributed by atoms with van der Waals surface area (Å²) >= 11 is 0. The first-order chi connectivity index (χ1) is 5.27. The van der Waals surface area contributed by atoms with Gasteiger partial charge in [0.2, 0.25) is 0 Å². The van der Waals surface area contributed by atoms with Crippen molar-refractivity contribution in [2.45, 2.75) is 12.8 Å². The molecule has 58 valence electrons. The molecule has 3 N–H and O–H groups in total. The third-order valence-corrected chi connectivity index (χ3v) is 2.21. The van der Waals surface area contributed by atoms with E-state index >= 15 is 0 Å². The first-order valence-electron chi connectivity index (χ1n) is 3.90. The molecule has 1 heterocycles. The molecule has 0 unspecified atom stereocenters. The van der Waals surface area contributed by atoms with Gasteiger partial charge in [-0.1, -0.05) is 6.92 Å². The van der Waals surface area contributed by atoms with Crippen LogP contribution in [0.5, 0.6) is 0 Å². The number of nitrogens with one attached hydrogen (secondary N) is 1. The number of nitrogen functional groups attached to an aromatic ring is 1. The van der Waals surface area contributed by atoms with Crippen molar-refractivity contribution in [1.29, 1.82) is 0 Å². The highest BCUT2D eigenvalue weighted by atomic mass is 14.9. The van der Waals surface area contributed by atoms with Gasteiger partial charge < -0.3 is 11.1 Å². The van der Waals surface area contributed by atoms with Crippen molar-refractivity contribution in [2.24, 2.45) is 0 Å². The Labute approximate surface area is 66.4 Å². The van der Waals surface area contributed by atoms with Gasteiger partial charge >= 0.3 is 0 Å². The van der Waals surface area contributed by atoms with Gasteiger partial charge in [0, 0.05) is 23.8 Å². The van der Waals surface area contributed by atoms with Gasteiger partial charge in [0.15, 0.2) is 0 Å². The Morgan fingerprint density at radius 3 is 3.18 bits per heavy atom. The zero-order chi connectivity index (χ0) is 7.84. The Morgan fingerprint density at radius 1 is 1.55 bits per heavy atom. The number of fused-ring (bicyclic) bond motifs is 1. The van der Waals surface area contributed by atoms with Crippen molar-refractivity contribution < 1.29 is 0 Å². The standard InChI is InChI=1S/C9H12N2/c1-6-5-11-9-3-2-7(10)4-8(6)9/h2-4,6,11H,5,10H2,1H3/t6-/m0/s1. The molecule has 1 atom stereocenters. The molecular formula is C9H12N2. The Kier molecular flexibility index (Phi) is 1.28. The second-order valence-electron chi connectivity index (χ2n) is 3.13. The van der Waals surface area contributed by atoms with Crippen LogP contribution in [-0.2, 0) is 0 Å². The van der Waals surface area contributed by atoms with E-state index in [0.717, 1.165) is 12.2 Å². The SMILES string of the molecule is C[C@H]1CNc2ccc(N)cc21. The van der Waals surface area contributed by atoms with Crippen LogP contribution in [0.15, 0.2) is 18.2 Å². The molecule has 0 aromatic heterocycles. The fraction of sp³-hybridized carbons (Fsp3) is 0.333. The van der Waals surface area contributed by atoms with Crippen LogP contribution in [0.1, 0.15) is 18.4 Å². The molecule has 1 aromatic rings. The van der Waals surface area contributed by atoms with E-state index in [-0.39, 0.29) is 0 Å². The summed E-state index contributed by atoms with van der Waals surface area (Å²) in [6.45, 7) is 3.25. The Balaban J connectivity index is 2.52. The topological polar surface area (TPSA) is 38.0 Å². The van der Waals surface area contributed by atoms with Crippen molar-refractivity contribution in [3.05, 3.63) is 23.8 Å². The fourth-order valence-corrected chi connectivity index (χ4v) is 1.52. The Hall–Kier alpha value is -1.18. The maximum Gasteiger partial charge on any atom is 0.0377 e. The van der Waals surface area contributed by atoms with Gasteiger partial charge in [-0.05, 0) is 23.8 Å². The second kappa shape index (κ2) is 2.16. The summed E-state index contributed by atoms with van der Waals surface area (Å²) in [5.41, 5.74) is 9.12. The van der Waals surface area contributed by atoms with Crippen LogP contribution >= 0.6 is 0 Å². The molecule has 11 heavy (non-hydrogen) atoms. The molecule has 0 amide bonds. The lowest BCUT2D eigenvalue weighted by molar-refractivity contribution is 0.854. The summed E-state index contributed by atoms with van der Waals surface area (Å²) < 4.78 is 0. The Morgan fingerprint density at radius 2 is 2.36 bits per heavy atom. The van der Waals surface area contributed by atoms with E-state index in [0.29, 0.717) is 5.92 Å². The molecule has 2 nitrogen and oxygen atoms in total. The van der Waals surface area contributed by atoms with E-state index in [1.807, 2.05) is 12.1 Å². The van der Waals surface area contributed by atoms with Crippen LogP contribution in [0.3, 0.4) is 0 Å². The monoisotopic (exact) mass is 148 g/mol. The van der Waals surface area contributed by atoms with E-state index in [1.165, 1.54) is 11.3 Å². The molecule has 0 fully saturated rings. The summed E-state index contributed by atoms with van der Waals surface area (Å²) in [4.78, 5) is 0. The fourth-order valence-electron chi connectivity index (χ4n) is 1.52. The van der Waals surface area contributed by atoms with Gasteiger partial charge in [-0.15, -0.1) is 0 Å². The van der Waals surface area contributed by atoms with E-state index in [4.69, 9.17) is 5.73 Å². The number of anilines is 2. The second-order valence-corrected chi connectivity index (χ2v) is 3.13. The number of rotatable bonds is 0. The maximum absolute atomic E-state index is 5.67. The zero-order valence-corrected chi connectivity index (χ0v) is 6.59. The van der Waals surface area contributed by atoms with Crippen LogP contribution in [-0.4, -0.2) is 6.54 Å². The van der Waals surface area contributed by atoms with Crippen LogP contribution in [0.2, 0.25) is 0 Å². The lowest BCUT2D eigenvalue weighted by Crippen LogP contribution is -1.95. The van der Waals surface area contributed by atoms with E-state index in [1.54, 1.807) is 0 Å². The lowest BCUT2D eigenvalue weighted by Gasteiger charge is -2.02. The van der Waals surface area contributed by atoms with E-state index in [9.17, 15) is 0 Å². The largest absolute Gasteiger partial charge is 0.399 e. The third-order valence-electron chi connectivity index (χ3n) is 2.21. The quantitative estimate of drug-likeness (QED) is 0.550. The van der Waals surface area contributed by atoms with Crippen LogP contribution in [0.4, 0.5) is 11.4 Å². The molecule has 1 aliphatic rings. The average molecular weight is 148 g/mol. The van der Waals surface area contributed by atoms with Crippen molar-refractivity contribution in [3.8, 4) is 0 Å². The predicted molar refractivity (Wildman–Crippen MR) is 47.8 cm³/mol. The third kappa shape index (κ3) is 0.946. The summed E-state index contributed by atoms with van der Waals surface area (Å²) in [6, 6.07) is 6.04. The predicted octanol–water partition coefficient (Wildman–Crippen LogP) is 1.80. The molecule has 0 spiro atoms. The van der Waals surface area contributed by atoms with Gasteiger partial charge in [0.05, 0.1) is 0 Å².